The lowest BCUT2D eigenvalue weighted by molar-refractivity contribution is -0.121. The molecule has 0 spiro atoms. The van der Waals surface area contributed by atoms with Crippen LogP contribution in [0.4, 0.5) is 0 Å². The van der Waals surface area contributed by atoms with Crippen LogP contribution in [0.1, 0.15) is 37.3 Å². The van der Waals surface area contributed by atoms with E-state index in [1.54, 1.807) is 0 Å². The molecule has 0 radical (unpaired) electrons. The number of hydrogen-bond acceptors (Lipinski definition) is 3. The molecule has 1 aromatic carbocycles. The number of benzene rings is 1. The van der Waals surface area contributed by atoms with Crippen molar-refractivity contribution in [3.8, 4) is 0 Å². The van der Waals surface area contributed by atoms with E-state index in [2.05, 4.69) is 10.2 Å². The van der Waals surface area contributed by atoms with Crippen molar-refractivity contribution in [1.29, 1.82) is 0 Å². The normalized spacial score (nSPS) is 21.9. The predicted molar refractivity (Wildman–Crippen MR) is 98.2 cm³/mol. The van der Waals surface area contributed by atoms with E-state index in [1.807, 2.05) is 30.3 Å². The van der Waals surface area contributed by atoms with Gasteiger partial charge in [-0.05, 0) is 37.3 Å². The van der Waals surface area contributed by atoms with E-state index < -0.39 is 0 Å². The van der Waals surface area contributed by atoms with Gasteiger partial charge >= 0.3 is 0 Å². The number of rotatable bonds is 6. The number of carbonyl (C=O) groups is 1. The Morgan fingerprint density at radius 1 is 1.22 bits per heavy atom. The maximum atomic E-state index is 12.0. The summed E-state index contributed by atoms with van der Waals surface area (Å²) >= 11 is 0. The first-order valence-electron chi connectivity index (χ1n) is 8.03. The number of hydrogen-bond donors (Lipinski definition) is 2. The minimum Gasteiger partial charge on any atom is -0.356 e. The van der Waals surface area contributed by atoms with Gasteiger partial charge in [-0.1, -0.05) is 30.3 Å². The molecule has 23 heavy (non-hydrogen) atoms. The van der Waals surface area contributed by atoms with E-state index in [9.17, 15) is 4.79 Å². The van der Waals surface area contributed by atoms with Gasteiger partial charge < -0.3 is 16.0 Å². The van der Waals surface area contributed by atoms with Crippen LogP contribution in [0, 0.1) is 5.92 Å². The van der Waals surface area contributed by atoms with Gasteiger partial charge in [0.2, 0.25) is 5.91 Å². The van der Waals surface area contributed by atoms with Gasteiger partial charge in [0.05, 0.1) is 0 Å². The second kappa shape index (κ2) is 9.48. The van der Waals surface area contributed by atoms with Crippen molar-refractivity contribution in [1.82, 2.24) is 10.2 Å². The number of halogens is 2. The second-order valence-corrected chi connectivity index (χ2v) is 6.41. The van der Waals surface area contributed by atoms with Crippen molar-refractivity contribution in [3.63, 3.8) is 0 Å². The molecule has 1 heterocycles. The Hall–Kier alpha value is -0.810. The smallest absolute Gasteiger partial charge is 0.221 e. The van der Waals surface area contributed by atoms with Crippen molar-refractivity contribution in [2.75, 3.05) is 19.6 Å². The molecule has 1 amide bonds. The SMILES string of the molecule is Cl.Cl.NC(CC(=O)NCC1CCN(C2CC2)C1)c1ccccc1. The van der Waals surface area contributed by atoms with Crippen molar-refractivity contribution < 1.29 is 4.79 Å². The summed E-state index contributed by atoms with van der Waals surface area (Å²) in [5.41, 5.74) is 7.10. The molecule has 2 atom stereocenters. The van der Waals surface area contributed by atoms with E-state index in [-0.39, 0.29) is 36.8 Å². The molecule has 0 aromatic heterocycles. The molecule has 130 valence electrons. The molecule has 1 saturated carbocycles. The summed E-state index contributed by atoms with van der Waals surface area (Å²) in [5.74, 6) is 0.679. The summed E-state index contributed by atoms with van der Waals surface area (Å²) in [6.07, 6.45) is 4.31. The molecule has 4 nitrogen and oxygen atoms in total. The molecule has 1 aromatic rings. The van der Waals surface area contributed by atoms with Crippen LogP contribution in [0.15, 0.2) is 30.3 Å². The monoisotopic (exact) mass is 359 g/mol. The van der Waals surface area contributed by atoms with Crippen LogP contribution < -0.4 is 11.1 Å². The lowest BCUT2D eigenvalue weighted by Crippen LogP contribution is -2.33. The van der Waals surface area contributed by atoms with E-state index in [1.165, 1.54) is 25.8 Å². The lowest BCUT2D eigenvalue weighted by Gasteiger charge is -2.16. The number of nitrogens with zero attached hydrogens (tertiary/aromatic N) is 1. The summed E-state index contributed by atoms with van der Waals surface area (Å²) in [7, 11) is 0. The predicted octanol–water partition coefficient (Wildman–Crippen LogP) is 2.52. The van der Waals surface area contributed by atoms with Crippen LogP contribution in [-0.2, 0) is 4.79 Å². The third-order valence-corrected chi connectivity index (χ3v) is 4.60. The third kappa shape index (κ3) is 5.96. The number of likely N-dealkylation sites (tertiary alicyclic amines) is 1. The Morgan fingerprint density at radius 2 is 1.91 bits per heavy atom. The summed E-state index contributed by atoms with van der Waals surface area (Å²) < 4.78 is 0. The highest BCUT2D eigenvalue weighted by atomic mass is 35.5. The van der Waals surface area contributed by atoms with Crippen LogP contribution in [0.25, 0.3) is 0 Å². The topological polar surface area (TPSA) is 58.4 Å². The third-order valence-electron chi connectivity index (χ3n) is 4.60. The van der Waals surface area contributed by atoms with Crippen LogP contribution in [0.5, 0.6) is 0 Å². The lowest BCUT2D eigenvalue weighted by atomic mass is 10.0. The van der Waals surface area contributed by atoms with E-state index in [0.29, 0.717) is 12.3 Å². The van der Waals surface area contributed by atoms with E-state index in [4.69, 9.17) is 5.73 Å². The summed E-state index contributed by atoms with van der Waals surface area (Å²) in [5, 5.41) is 3.06. The largest absolute Gasteiger partial charge is 0.356 e. The van der Waals surface area contributed by atoms with E-state index in [0.717, 1.165) is 24.7 Å². The fourth-order valence-electron chi connectivity index (χ4n) is 3.15. The van der Waals surface area contributed by atoms with E-state index >= 15 is 0 Å². The van der Waals surface area contributed by atoms with Crippen LogP contribution in [-0.4, -0.2) is 36.5 Å². The zero-order valence-corrected chi connectivity index (χ0v) is 15.0. The number of nitrogens with two attached hydrogens (primary N) is 1. The zero-order chi connectivity index (χ0) is 14.7. The van der Waals surface area contributed by atoms with Gasteiger partial charge in [0.1, 0.15) is 0 Å². The van der Waals surface area contributed by atoms with Gasteiger partial charge in [-0.15, -0.1) is 24.8 Å². The van der Waals surface area contributed by atoms with Gasteiger partial charge in [-0.2, -0.15) is 0 Å². The maximum Gasteiger partial charge on any atom is 0.221 e. The van der Waals surface area contributed by atoms with Gasteiger partial charge in [0, 0.05) is 31.6 Å². The van der Waals surface area contributed by atoms with Gasteiger partial charge in [-0.3, -0.25) is 4.79 Å². The quantitative estimate of drug-likeness (QED) is 0.820. The average molecular weight is 360 g/mol. The fraction of sp³-hybridized carbons (Fsp3) is 0.588. The standard InChI is InChI=1S/C17H25N3O.2ClH/c18-16(14-4-2-1-3-5-14)10-17(21)19-11-13-8-9-20(12-13)15-6-7-15;;/h1-5,13,15-16H,6-12,18H2,(H,19,21);2*1H. The number of amides is 1. The second-order valence-electron chi connectivity index (χ2n) is 6.41. The molecule has 2 fully saturated rings. The van der Waals surface area contributed by atoms with Gasteiger partial charge in [-0.25, -0.2) is 0 Å². The number of nitrogens with one attached hydrogen (secondary N) is 1. The Kier molecular flexibility index (Phi) is 8.34. The Morgan fingerprint density at radius 3 is 2.57 bits per heavy atom. The van der Waals surface area contributed by atoms with Crippen LogP contribution in [0.3, 0.4) is 0 Å². The Bertz CT molecular complexity index is 482. The Balaban J connectivity index is 0.00000132. The molecule has 2 aliphatic rings. The highest BCUT2D eigenvalue weighted by Crippen LogP contribution is 2.31. The molecular formula is C17H27Cl2N3O. The zero-order valence-electron chi connectivity index (χ0n) is 13.3. The van der Waals surface area contributed by atoms with Gasteiger partial charge in [0.25, 0.3) is 0 Å². The molecule has 1 aliphatic carbocycles. The molecule has 2 unspecified atom stereocenters. The maximum absolute atomic E-state index is 12.0. The Labute approximate surface area is 151 Å². The minimum absolute atomic E-state index is 0. The van der Waals surface area contributed by atoms with Crippen molar-refractivity contribution in [2.45, 2.75) is 37.8 Å². The van der Waals surface area contributed by atoms with Crippen molar-refractivity contribution in [3.05, 3.63) is 35.9 Å². The fourth-order valence-corrected chi connectivity index (χ4v) is 3.15. The molecule has 0 bridgehead atoms. The molecular weight excluding hydrogens is 333 g/mol. The van der Waals surface area contributed by atoms with Crippen molar-refractivity contribution >= 4 is 30.7 Å². The van der Waals surface area contributed by atoms with Crippen LogP contribution in [0.2, 0.25) is 0 Å². The molecule has 3 N–H and O–H groups in total. The molecule has 3 rings (SSSR count). The van der Waals surface area contributed by atoms with Crippen LogP contribution >= 0.6 is 24.8 Å². The first-order valence-corrected chi connectivity index (χ1v) is 8.03. The summed E-state index contributed by atoms with van der Waals surface area (Å²) in [4.78, 5) is 14.6. The first kappa shape index (κ1) is 20.2. The molecule has 6 heteroatoms. The molecule has 1 aliphatic heterocycles. The van der Waals surface area contributed by atoms with Gasteiger partial charge in [0.15, 0.2) is 0 Å². The first-order chi connectivity index (χ1) is 10.2. The summed E-state index contributed by atoms with van der Waals surface area (Å²) in [6, 6.07) is 10.5. The highest BCUT2D eigenvalue weighted by molar-refractivity contribution is 5.85. The average Bonchev–Trinajstić information content (AvgIpc) is 3.25. The minimum atomic E-state index is -0.210. The number of carbonyl (C=O) groups excluding carboxylic acids is 1. The summed E-state index contributed by atoms with van der Waals surface area (Å²) in [6.45, 7) is 3.15. The molecule has 1 saturated heterocycles. The highest BCUT2D eigenvalue weighted by Gasteiger charge is 2.34. The van der Waals surface area contributed by atoms with Crippen molar-refractivity contribution in [2.24, 2.45) is 11.7 Å².